The van der Waals surface area contributed by atoms with Crippen LogP contribution in [0.4, 0.5) is 0 Å². The molecule has 0 bridgehead atoms. The summed E-state index contributed by atoms with van der Waals surface area (Å²) in [5, 5.41) is 0.491. The summed E-state index contributed by atoms with van der Waals surface area (Å²) in [4.78, 5) is 4.06. The van der Waals surface area contributed by atoms with E-state index in [0.717, 1.165) is 4.47 Å². The summed E-state index contributed by atoms with van der Waals surface area (Å²) in [6.45, 7) is 6.94. The minimum atomic E-state index is -0.152. The molecule has 1 heterocycles. The standard InChI is InChI=1S/C11H15BrClNO2/c1-11(2,3)16-5-4-15-10-9(13)6-8(12)7-14-10/h6-7H,4-5H2,1-3H3. The lowest BCUT2D eigenvalue weighted by atomic mass is 10.2. The first-order chi connectivity index (χ1) is 7.38. The summed E-state index contributed by atoms with van der Waals surface area (Å²) < 4.78 is 11.7. The van der Waals surface area contributed by atoms with Gasteiger partial charge in [0.15, 0.2) is 0 Å². The monoisotopic (exact) mass is 307 g/mol. The number of pyridine rings is 1. The number of hydrogen-bond donors (Lipinski definition) is 0. The van der Waals surface area contributed by atoms with E-state index < -0.39 is 0 Å². The molecular weight excluding hydrogens is 293 g/mol. The zero-order valence-electron chi connectivity index (χ0n) is 9.59. The van der Waals surface area contributed by atoms with Crippen molar-refractivity contribution in [3.8, 4) is 5.88 Å². The molecule has 0 fully saturated rings. The molecule has 0 saturated heterocycles. The molecular formula is C11H15BrClNO2. The highest BCUT2D eigenvalue weighted by atomic mass is 79.9. The van der Waals surface area contributed by atoms with E-state index in [-0.39, 0.29) is 5.60 Å². The molecule has 3 nitrogen and oxygen atoms in total. The molecule has 1 rings (SSSR count). The summed E-state index contributed by atoms with van der Waals surface area (Å²) in [6.07, 6.45) is 1.64. The number of ether oxygens (including phenoxy) is 2. The first-order valence-corrected chi connectivity index (χ1v) is 6.13. The fraction of sp³-hybridized carbons (Fsp3) is 0.545. The van der Waals surface area contributed by atoms with E-state index in [9.17, 15) is 0 Å². The lowest BCUT2D eigenvalue weighted by molar-refractivity contribution is -0.0167. The molecule has 0 N–H and O–H groups in total. The highest BCUT2D eigenvalue weighted by Gasteiger charge is 2.10. The molecule has 0 amide bonds. The average molecular weight is 309 g/mol. The summed E-state index contributed by atoms with van der Waals surface area (Å²) >= 11 is 9.22. The molecule has 16 heavy (non-hydrogen) atoms. The van der Waals surface area contributed by atoms with E-state index in [1.807, 2.05) is 20.8 Å². The van der Waals surface area contributed by atoms with Crippen LogP contribution in [0.2, 0.25) is 5.02 Å². The van der Waals surface area contributed by atoms with Crippen LogP contribution >= 0.6 is 27.5 Å². The number of aromatic nitrogens is 1. The van der Waals surface area contributed by atoms with E-state index in [0.29, 0.717) is 24.1 Å². The van der Waals surface area contributed by atoms with Crippen LogP contribution in [0.1, 0.15) is 20.8 Å². The highest BCUT2D eigenvalue weighted by Crippen LogP contribution is 2.24. The van der Waals surface area contributed by atoms with Crippen LogP contribution in [0.5, 0.6) is 5.88 Å². The van der Waals surface area contributed by atoms with E-state index in [2.05, 4.69) is 20.9 Å². The molecule has 0 unspecified atom stereocenters. The Hall–Kier alpha value is -0.320. The maximum atomic E-state index is 5.94. The SMILES string of the molecule is CC(C)(C)OCCOc1ncc(Br)cc1Cl. The third-order valence-corrected chi connectivity index (χ3v) is 2.34. The van der Waals surface area contributed by atoms with E-state index >= 15 is 0 Å². The van der Waals surface area contributed by atoms with Crippen LogP contribution in [0.15, 0.2) is 16.7 Å². The Morgan fingerprint density at radius 1 is 1.38 bits per heavy atom. The quantitative estimate of drug-likeness (QED) is 0.795. The predicted molar refractivity (Wildman–Crippen MR) is 68.1 cm³/mol. The minimum Gasteiger partial charge on any atom is -0.474 e. The molecule has 90 valence electrons. The van der Waals surface area contributed by atoms with Gasteiger partial charge < -0.3 is 9.47 Å². The molecule has 0 aromatic carbocycles. The second kappa shape index (κ2) is 5.84. The van der Waals surface area contributed by atoms with Gasteiger partial charge in [0.1, 0.15) is 11.6 Å². The van der Waals surface area contributed by atoms with Gasteiger partial charge in [0.25, 0.3) is 0 Å². The van der Waals surface area contributed by atoms with Gasteiger partial charge in [-0.3, -0.25) is 0 Å². The van der Waals surface area contributed by atoms with Gasteiger partial charge in [0, 0.05) is 10.7 Å². The second-order valence-electron chi connectivity index (χ2n) is 4.25. The van der Waals surface area contributed by atoms with Crippen LogP contribution in [0, 0.1) is 0 Å². The molecule has 0 aliphatic rings. The first kappa shape index (κ1) is 13.7. The normalized spacial score (nSPS) is 11.6. The Bertz CT molecular complexity index is 352. The zero-order valence-corrected chi connectivity index (χ0v) is 11.9. The number of halogens is 2. The Morgan fingerprint density at radius 2 is 2.06 bits per heavy atom. The number of rotatable bonds is 4. The highest BCUT2D eigenvalue weighted by molar-refractivity contribution is 9.10. The Kier molecular flexibility index (Phi) is 5.02. The minimum absolute atomic E-state index is 0.152. The Labute approximate surface area is 109 Å². The maximum absolute atomic E-state index is 5.94. The summed E-state index contributed by atoms with van der Waals surface area (Å²) in [6, 6.07) is 1.74. The lowest BCUT2D eigenvalue weighted by Crippen LogP contribution is -2.22. The summed E-state index contributed by atoms with van der Waals surface area (Å²) in [5.41, 5.74) is -0.152. The molecule has 0 radical (unpaired) electrons. The van der Waals surface area contributed by atoms with Crippen LogP contribution in [-0.2, 0) is 4.74 Å². The molecule has 0 atom stereocenters. The van der Waals surface area contributed by atoms with Crippen molar-refractivity contribution in [1.29, 1.82) is 0 Å². The van der Waals surface area contributed by atoms with Crippen LogP contribution in [0.3, 0.4) is 0 Å². The second-order valence-corrected chi connectivity index (χ2v) is 5.57. The third kappa shape index (κ3) is 5.14. The first-order valence-electron chi connectivity index (χ1n) is 4.96. The van der Waals surface area contributed by atoms with Crippen molar-refractivity contribution in [3.63, 3.8) is 0 Å². The average Bonchev–Trinajstić information content (AvgIpc) is 2.13. The third-order valence-electron chi connectivity index (χ3n) is 1.63. The fourth-order valence-electron chi connectivity index (χ4n) is 0.994. The van der Waals surface area contributed by atoms with E-state index in [1.54, 1.807) is 12.3 Å². The van der Waals surface area contributed by atoms with Crippen LogP contribution in [0.25, 0.3) is 0 Å². The molecule has 5 heteroatoms. The van der Waals surface area contributed by atoms with Crippen molar-refractivity contribution in [2.24, 2.45) is 0 Å². The van der Waals surface area contributed by atoms with Gasteiger partial charge in [0.2, 0.25) is 5.88 Å². The van der Waals surface area contributed by atoms with Gasteiger partial charge >= 0.3 is 0 Å². The summed E-state index contributed by atoms with van der Waals surface area (Å²) in [7, 11) is 0. The fourth-order valence-corrected chi connectivity index (χ4v) is 1.68. The summed E-state index contributed by atoms with van der Waals surface area (Å²) in [5.74, 6) is 0.433. The van der Waals surface area contributed by atoms with E-state index in [4.69, 9.17) is 21.1 Å². The van der Waals surface area contributed by atoms with Crippen molar-refractivity contribution in [3.05, 3.63) is 21.8 Å². The van der Waals surface area contributed by atoms with Crippen molar-refractivity contribution in [2.75, 3.05) is 13.2 Å². The lowest BCUT2D eigenvalue weighted by Gasteiger charge is -2.19. The molecule has 0 saturated carbocycles. The number of hydrogen-bond acceptors (Lipinski definition) is 3. The molecule has 1 aromatic heterocycles. The predicted octanol–water partition coefficient (Wildman–Crippen LogP) is 3.69. The van der Waals surface area contributed by atoms with Gasteiger partial charge in [0.05, 0.1) is 12.2 Å². The van der Waals surface area contributed by atoms with Crippen LogP contribution in [-0.4, -0.2) is 23.8 Å². The van der Waals surface area contributed by atoms with Gasteiger partial charge in [-0.15, -0.1) is 0 Å². The molecule has 0 aliphatic heterocycles. The van der Waals surface area contributed by atoms with Crippen LogP contribution < -0.4 is 4.74 Å². The molecule has 1 aromatic rings. The molecule has 0 spiro atoms. The van der Waals surface area contributed by atoms with Crippen molar-refractivity contribution < 1.29 is 9.47 Å². The van der Waals surface area contributed by atoms with Gasteiger partial charge in [-0.1, -0.05) is 11.6 Å². The molecule has 0 aliphatic carbocycles. The van der Waals surface area contributed by atoms with Crippen molar-refractivity contribution >= 4 is 27.5 Å². The van der Waals surface area contributed by atoms with Gasteiger partial charge in [-0.2, -0.15) is 0 Å². The van der Waals surface area contributed by atoms with E-state index in [1.165, 1.54) is 0 Å². The maximum Gasteiger partial charge on any atom is 0.232 e. The van der Waals surface area contributed by atoms with Crippen molar-refractivity contribution in [2.45, 2.75) is 26.4 Å². The Balaban J connectivity index is 2.38. The zero-order chi connectivity index (χ0) is 12.2. The largest absolute Gasteiger partial charge is 0.474 e. The number of nitrogens with zero attached hydrogens (tertiary/aromatic N) is 1. The van der Waals surface area contributed by atoms with Gasteiger partial charge in [-0.05, 0) is 42.8 Å². The van der Waals surface area contributed by atoms with Gasteiger partial charge in [-0.25, -0.2) is 4.98 Å². The van der Waals surface area contributed by atoms with Crippen molar-refractivity contribution in [1.82, 2.24) is 4.98 Å². The smallest absolute Gasteiger partial charge is 0.232 e. The Morgan fingerprint density at radius 3 is 2.62 bits per heavy atom. The topological polar surface area (TPSA) is 31.4 Å².